The normalized spacial score (nSPS) is 15.1. The van der Waals surface area contributed by atoms with Gasteiger partial charge in [0.2, 0.25) is 5.91 Å². The van der Waals surface area contributed by atoms with E-state index in [4.69, 9.17) is 0 Å². The van der Waals surface area contributed by atoms with Gasteiger partial charge in [-0.1, -0.05) is 30.3 Å². The van der Waals surface area contributed by atoms with Crippen LogP contribution in [0.2, 0.25) is 0 Å². The highest BCUT2D eigenvalue weighted by atomic mass is 32.1. The average molecular weight is 409 g/mol. The second-order valence-electron chi connectivity index (χ2n) is 7.95. The number of nitrogens with zero attached hydrogens (tertiary/aromatic N) is 3. The SMILES string of the molecule is Cc1nc(NCC(=O)N2CCC(Cc3ccccc3)CC2)c2c(C)c(C)sc2n1. The topological polar surface area (TPSA) is 58.1 Å². The van der Waals surface area contributed by atoms with E-state index in [1.165, 1.54) is 16.0 Å². The number of nitrogens with one attached hydrogen (secondary N) is 1. The number of aryl methyl sites for hydroxylation is 3. The second-order valence-corrected chi connectivity index (χ2v) is 9.15. The molecule has 6 heteroatoms. The van der Waals surface area contributed by atoms with E-state index in [0.717, 1.165) is 54.2 Å². The van der Waals surface area contributed by atoms with Gasteiger partial charge in [-0.2, -0.15) is 0 Å². The molecule has 1 saturated heterocycles. The van der Waals surface area contributed by atoms with E-state index in [1.807, 2.05) is 11.8 Å². The number of fused-ring (bicyclic) bond motifs is 1. The molecule has 1 aromatic carbocycles. The number of carbonyl (C=O) groups is 1. The van der Waals surface area contributed by atoms with Gasteiger partial charge in [0.25, 0.3) is 0 Å². The number of likely N-dealkylation sites (tertiary alicyclic amines) is 1. The maximum Gasteiger partial charge on any atom is 0.241 e. The van der Waals surface area contributed by atoms with Crippen LogP contribution in [0.3, 0.4) is 0 Å². The fourth-order valence-corrected chi connectivity index (χ4v) is 5.16. The molecule has 1 aliphatic rings. The van der Waals surface area contributed by atoms with Gasteiger partial charge in [-0.3, -0.25) is 4.79 Å². The number of rotatable bonds is 5. The van der Waals surface area contributed by atoms with Crippen molar-refractivity contribution in [3.05, 3.63) is 52.2 Å². The minimum Gasteiger partial charge on any atom is -0.360 e. The van der Waals surface area contributed by atoms with Crippen LogP contribution in [0, 0.1) is 26.7 Å². The zero-order valence-electron chi connectivity index (χ0n) is 17.4. The standard InChI is InChI=1S/C23H28N4OS/c1-15-16(2)29-23-21(15)22(25-17(3)26-23)24-14-20(28)27-11-9-19(10-12-27)13-18-7-5-4-6-8-18/h4-8,19H,9-14H2,1-3H3,(H,24,25,26). The molecule has 1 amide bonds. The van der Waals surface area contributed by atoms with Crippen molar-refractivity contribution in [3.8, 4) is 0 Å². The van der Waals surface area contributed by atoms with Crippen LogP contribution < -0.4 is 5.32 Å². The van der Waals surface area contributed by atoms with Crippen LogP contribution in [0.1, 0.15) is 34.7 Å². The minimum atomic E-state index is 0.150. The predicted molar refractivity (Wildman–Crippen MR) is 120 cm³/mol. The maximum absolute atomic E-state index is 12.8. The molecule has 3 heterocycles. The number of hydrogen-bond donors (Lipinski definition) is 1. The van der Waals surface area contributed by atoms with Crippen molar-refractivity contribution >= 4 is 33.3 Å². The third-order valence-corrected chi connectivity index (χ3v) is 6.98. The lowest BCUT2D eigenvalue weighted by Crippen LogP contribution is -2.41. The molecule has 2 aromatic heterocycles. The second kappa shape index (κ2) is 8.49. The Morgan fingerprint density at radius 2 is 1.86 bits per heavy atom. The monoisotopic (exact) mass is 408 g/mol. The van der Waals surface area contributed by atoms with E-state index in [-0.39, 0.29) is 12.5 Å². The summed E-state index contributed by atoms with van der Waals surface area (Å²) in [6.45, 7) is 8.06. The van der Waals surface area contributed by atoms with E-state index < -0.39 is 0 Å². The minimum absolute atomic E-state index is 0.150. The van der Waals surface area contributed by atoms with Gasteiger partial charge in [0, 0.05) is 18.0 Å². The summed E-state index contributed by atoms with van der Waals surface area (Å²) in [5.41, 5.74) is 2.59. The van der Waals surface area contributed by atoms with E-state index in [9.17, 15) is 4.79 Å². The van der Waals surface area contributed by atoms with Gasteiger partial charge in [0.05, 0.1) is 11.9 Å². The number of carbonyl (C=O) groups excluding carboxylic acids is 1. The van der Waals surface area contributed by atoms with Crippen LogP contribution in [-0.2, 0) is 11.2 Å². The summed E-state index contributed by atoms with van der Waals surface area (Å²) >= 11 is 1.68. The molecule has 0 saturated carbocycles. The smallest absolute Gasteiger partial charge is 0.241 e. The molecule has 152 valence electrons. The van der Waals surface area contributed by atoms with Crippen molar-refractivity contribution in [1.82, 2.24) is 14.9 Å². The molecule has 0 atom stereocenters. The van der Waals surface area contributed by atoms with Gasteiger partial charge >= 0.3 is 0 Å². The summed E-state index contributed by atoms with van der Waals surface area (Å²) in [7, 11) is 0. The Labute approximate surface area is 176 Å². The van der Waals surface area contributed by atoms with Crippen LogP contribution in [-0.4, -0.2) is 40.4 Å². The molecule has 0 bridgehead atoms. The molecular formula is C23H28N4OS. The van der Waals surface area contributed by atoms with Crippen LogP contribution in [0.15, 0.2) is 30.3 Å². The number of piperidine rings is 1. The molecule has 1 fully saturated rings. The fourth-order valence-electron chi connectivity index (χ4n) is 4.09. The molecular weight excluding hydrogens is 380 g/mol. The van der Waals surface area contributed by atoms with Gasteiger partial charge in [-0.15, -0.1) is 11.3 Å². The van der Waals surface area contributed by atoms with Crippen LogP contribution in [0.4, 0.5) is 5.82 Å². The molecule has 5 nitrogen and oxygen atoms in total. The third-order valence-electron chi connectivity index (χ3n) is 5.88. The number of anilines is 1. The van der Waals surface area contributed by atoms with Crippen molar-refractivity contribution in [2.24, 2.45) is 5.92 Å². The summed E-state index contributed by atoms with van der Waals surface area (Å²) in [6.07, 6.45) is 3.25. The number of benzene rings is 1. The zero-order chi connectivity index (χ0) is 20.4. The number of amides is 1. The molecule has 29 heavy (non-hydrogen) atoms. The lowest BCUT2D eigenvalue weighted by molar-refractivity contribution is -0.130. The summed E-state index contributed by atoms with van der Waals surface area (Å²) in [5, 5.41) is 4.34. The number of hydrogen-bond acceptors (Lipinski definition) is 5. The van der Waals surface area contributed by atoms with Gasteiger partial charge < -0.3 is 10.2 Å². The zero-order valence-corrected chi connectivity index (χ0v) is 18.2. The van der Waals surface area contributed by atoms with Gasteiger partial charge in [-0.05, 0) is 57.1 Å². The first-order chi connectivity index (χ1) is 14.0. The lowest BCUT2D eigenvalue weighted by Gasteiger charge is -2.32. The molecule has 0 spiro atoms. The van der Waals surface area contributed by atoms with Crippen LogP contribution in [0.5, 0.6) is 0 Å². The largest absolute Gasteiger partial charge is 0.360 e. The highest BCUT2D eigenvalue weighted by Crippen LogP contribution is 2.33. The Bertz CT molecular complexity index is 1010. The number of thiophene rings is 1. The van der Waals surface area contributed by atoms with Crippen molar-refractivity contribution in [2.45, 2.75) is 40.0 Å². The molecule has 3 aromatic rings. The van der Waals surface area contributed by atoms with E-state index in [0.29, 0.717) is 5.92 Å². The van der Waals surface area contributed by atoms with Crippen molar-refractivity contribution in [3.63, 3.8) is 0 Å². The summed E-state index contributed by atoms with van der Waals surface area (Å²) in [5.74, 6) is 2.32. The molecule has 0 aliphatic carbocycles. The van der Waals surface area contributed by atoms with E-state index in [1.54, 1.807) is 11.3 Å². The highest BCUT2D eigenvalue weighted by Gasteiger charge is 2.23. The van der Waals surface area contributed by atoms with E-state index >= 15 is 0 Å². The van der Waals surface area contributed by atoms with Gasteiger partial charge in [0.1, 0.15) is 16.5 Å². The molecule has 0 radical (unpaired) electrons. The first-order valence-corrected chi connectivity index (χ1v) is 11.1. The highest BCUT2D eigenvalue weighted by molar-refractivity contribution is 7.18. The summed E-state index contributed by atoms with van der Waals surface area (Å²) in [4.78, 5) is 26.1. The van der Waals surface area contributed by atoms with Gasteiger partial charge in [-0.25, -0.2) is 9.97 Å². The van der Waals surface area contributed by atoms with E-state index in [2.05, 4.69) is 59.5 Å². The molecule has 4 rings (SSSR count). The maximum atomic E-state index is 12.8. The Hall–Kier alpha value is -2.47. The Morgan fingerprint density at radius 1 is 1.14 bits per heavy atom. The average Bonchev–Trinajstić information content (AvgIpc) is 3.00. The van der Waals surface area contributed by atoms with Crippen molar-refractivity contribution in [1.29, 1.82) is 0 Å². The predicted octanol–water partition coefficient (Wildman–Crippen LogP) is 4.51. The molecule has 1 aliphatic heterocycles. The molecule has 1 N–H and O–H groups in total. The first kappa shape index (κ1) is 19.8. The quantitative estimate of drug-likeness (QED) is 0.675. The first-order valence-electron chi connectivity index (χ1n) is 10.3. The van der Waals surface area contributed by atoms with Crippen molar-refractivity contribution in [2.75, 3.05) is 25.0 Å². The Morgan fingerprint density at radius 3 is 2.59 bits per heavy atom. The fraction of sp³-hybridized carbons (Fsp3) is 0.435. The third kappa shape index (κ3) is 4.42. The van der Waals surface area contributed by atoms with Gasteiger partial charge in [0.15, 0.2) is 0 Å². The summed E-state index contributed by atoms with van der Waals surface area (Å²) in [6, 6.07) is 10.6. The van der Waals surface area contributed by atoms with Crippen molar-refractivity contribution < 1.29 is 4.79 Å². The number of aromatic nitrogens is 2. The molecule has 0 unspecified atom stereocenters. The lowest BCUT2D eigenvalue weighted by atomic mass is 9.90. The Balaban J connectivity index is 1.35. The van der Waals surface area contributed by atoms with Crippen LogP contribution in [0.25, 0.3) is 10.2 Å². The summed E-state index contributed by atoms with van der Waals surface area (Å²) < 4.78 is 0. The Kier molecular flexibility index (Phi) is 5.81. The van der Waals surface area contributed by atoms with Crippen LogP contribution >= 0.6 is 11.3 Å².